The summed E-state index contributed by atoms with van der Waals surface area (Å²) in [5.74, 6) is 1.12. The van der Waals surface area contributed by atoms with Crippen molar-refractivity contribution in [1.29, 1.82) is 0 Å². The van der Waals surface area contributed by atoms with E-state index in [0.29, 0.717) is 12.1 Å². The minimum absolute atomic E-state index is 0.398. The van der Waals surface area contributed by atoms with E-state index in [-0.39, 0.29) is 0 Å². The Morgan fingerprint density at radius 3 is 2.62 bits per heavy atom. The molecule has 0 radical (unpaired) electrons. The molecule has 86 valence electrons. The Kier molecular flexibility index (Phi) is 3.09. The molecule has 0 saturated heterocycles. The van der Waals surface area contributed by atoms with Gasteiger partial charge in [-0.25, -0.2) is 0 Å². The van der Waals surface area contributed by atoms with Crippen molar-refractivity contribution in [3.8, 4) is 0 Å². The number of nitrogens with one attached hydrogen (secondary N) is 1. The predicted octanol–water partition coefficient (Wildman–Crippen LogP) is 4.28. The summed E-state index contributed by atoms with van der Waals surface area (Å²) in [4.78, 5) is 1.18. The van der Waals surface area contributed by atoms with Crippen LogP contribution in [0, 0.1) is 0 Å². The van der Waals surface area contributed by atoms with E-state index < -0.39 is 0 Å². The molecule has 1 atom stereocenters. The van der Waals surface area contributed by atoms with Crippen LogP contribution in [0.5, 0.6) is 0 Å². The van der Waals surface area contributed by atoms with Gasteiger partial charge in [0.25, 0.3) is 0 Å². The fraction of sp³-hybridized carbons (Fsp3) is 0.500. The summed E-state index contributed by atoms with van der Waals surface area (Å²) in [5.41, 5.74) is 1.22. The smallest absolute Gasteiger partial charge is 0.0546 e. The number of hydrogen-bond acceptors (Lipinski definition) is 2. The van der Waals surface area contributed by atoms with Gasteiger partial charge in [-0.1, -0.05) is 23.2 Å². The second-order valence-corrected chi connectivity index (χ2v) is 6.32. The van der Waals surface area contributed by atoms with Crippen LogP contribution in [0.25, 0.3) is 0 Å². The normalized spacial score (nSPS) is 24.2. The van der Waals surface area contributed by atoms with Crippen LogP contribution in [-0.4, -0.2) is 11.8 Å². The predicted molar refractivity (Wildman–Crippen MR) is 70.7 cm³/mol. The Bertz CT molecular complexity index is 418. The molecular weight excluding hydrogens is 261 g/mol. The Labute approximate surface area is 110 Å². The fourth-order valence-electron chi connectivity index (χ4n) is 2.14. The van der Waals surface area contributed by atoms with Crippen molar-refractivity contribution in [3.63, 3.8) is 0 Å². The van der Waals surface area contributed by atoms with Crippen LogP contribution < -0.4 is 5.32 Å². The van der Waals surface area contributed by atoms with E-state index in [4.69, 9.17) is 23.2 Å². The zero-order chi connectivity index (χ0) is 11.1. The zero-order valence-corrected chi connectivity index (χ0v) is 11.1. The number of fused-ring (bicyclic) bond motifs is 1. The minimum Gasteiger partial charge on any atom is -0.307 e. The van der Waals surface area contributed by atoms with Crippen molar-refractivity contribution < 1.29 is 0 Å². The summed E-state index contributed by atoms with van der Waals surface area (Å²) in [5, 5.41) is 5.35. The van der Waals surface area contributed by atoms with Gasteiger partial charge >= 0.3 is 0 Å². The van der Waals surface area contributed by atoms with Gasteiger partial charge < -0.3 is 5.32 Å². The third-order valence-electron chi connectivity index (χ3n) is 3.11. The average molecular weight is 274 g/mol. The van der Waals surface area contributed by atoms with E-state index in [2.05, 4.69) is 5.32 Å². The van der Waals surface area contributed by atoms with Crippen LogP contribution in [0.4, 0.5) is 0 Å². The van der Waals surface area contributed by atoms with Crippen molar-refractivity contribution in [1.82, 2.24) is 5.32 Å². The van der Waals surface area contributed by atoms with E-state index in [1.807, 2.05) is 23.9 Å². The lowest BCUT2D eigenvalue weighted by molar-refractivity contribution is 0.508. The number of hydrogen-bond donors (Lipinski definition) is 1. The first kappa shape index (κ1) is 11.2. The van der Waals surface area contributed by atoms with Gasteiger partial charge in [0.15, 0.2) is 0 Å². The van der Waals surface area contributed by atoms with Gasteiger partial charge in [0.05, 0.1) is 5.02 Å². The molecule has 1 aromatic rings. The number of benzene rings is 1. The summed E-state index contributed by atoms with van der Waals surface area (Å²) >= 11 is 14.3. The quantitative estimate of drug-likeness (QED) is 0.863. The summed E-state index contributed by atoms with van der Waals surface area (Å²) in [6.45, 7) is 0. The highest BCUT2D eigenvalue weighted by Crippen LogP contribution is 2.44. The maximum atomic E-state index is 6.30. The third-order valence-corrected chi connectivity index (χ3v) is 5.04. The molecule has 2 aliphatic rings. The highest BCUT2D eigenvalue weighted by atomic mass is 35.5. The van der Waals surface area contributed by atoms with Gasteiger partial charge in [0, 0.05) is 27.6 Å². The first-order valence-corrected chi connectivity index (χ1v) is 7.36. The molecule has 1 nitrogen and oxygen atoms in total. The average Bonchev–Trinajstić information content (AvgIpc) is 3.08. The zero-order valence-electron chi connectivity index (χ0n) is 8.80. The molecule has 0 amide bonds. The van der Waals surface area contributed by atoms with Crippen molar-refractivity contribution in [2.75, 3.05) is 5.75 Å². The van der Waals surface area contributed by atoms with E-state index in [9.17, 15) is 0 Å². The lowest BCUT2D eigenvalue weighted by atomic mass is 10.0. The molecular formula is C12H13Cl2NS. The highest BCUT2D eigenvalue weighted by molar-refractivity contribution is 7.99. The van der Waals surface area contributed by atoms with E-state index >= 15 is 0 Å². The van der Waals surface area contributed by atoms with Crippen molar-refractivity contribution in [3.05, 3.63) is 27.7 Å². The summed E-state index contributed by atoms with van der Waals surface area (Å²) < 4.78 is 0. The van der Waals surface area contributed by atoms with Crippen LogP contribution in [0.2, 0.25) is 10.0 Å². The minimum atomic E-state index is 0.398. The molecule has 1 fully saturated rings. The van der Waals surface area contributed by atoms with Gasteiger partial charge in [-0.15, -0.1) is 11.8 Å². The van der Waals surface area contributed by atoms with Crippen LogP contribution in [-0.2, 0) is 0 Å². The summed E-state index contributed by atoms with van der Waals surface area (Å²) in [6, 6.07) is 4.91. The molecule has 1 heterocycles. The molecule has 0 spiro atoms. The SMILES string of the molecule is Clc1ccc(Cl)c2c1SCCC2NC1CC1. The largest absolute Gasteiger partial charge is 0.307 e. The Morgan fingerprint density at radius 1 is 1.12 bits per heavy atom. The Morgan fingerprint density at radius 2 is 1.88 bits per heavy atom. The van der Waals surface area contributed by atoms with Crippen LogP contribution >= 0.6 is 35.0 Å². The first-order valence-electron chi connectivity index (χ1n) is 5.62. The number of halogens is 2. The van der Waals surface area contributed by atoms with Gasteiger partial charge in [-0.05, 0) is 37.1 Å². The van der Waals surface area contributed by atoms with Crippen LogP contribution in [0.1, 0.15) is 30.9 Å². The molecule has 1 unspecified atom stereocenters. The molecule has 1 aromatic carbocycles. The standard InChI is InChI=1S/C12H13Cl2NS/c13-8-3-4-9(14)12-11(8)10(5-6-16-12)15-7-1-2-7/h3-4,7,10,15H,1-2,5-6H2. The van der Waals surface area contributed by atoms with E-state index in [1.54, 1.807) is 0 Å². The third kappa shape index (κ3) is 2.08. The molecule has 1 aliphatic carbocycles. The monoisotopic (exact) mass is 273 g/mol. The second-order valence-electron chi connectivity index (χ2n) is 4.40. The lowest BCUT2D eigenvalue weighted by Gasteiger charge is -2.27. The van der Waals surface area contributed by atoms with Gasteiger partial charge in [-0.3, -0.25) is 0 Å². The van der Waals surface area contributed by atoms with Crippen LogP contribution in [0.3, 0.4) is 0 Å². The molecule has 0 bridgehead atoms. The maximum absolute atomic E-state index is 6.30. The molecule has 0 aromatic heterocycles. The topological polar surface area (TPSA) is 12.0 Å². The molecule has 16 heavy (non-hydrogen) atoms. The molecule has 3 rings (SSSR count). The number of thioether (sulfide) groups is 1. The van der Waals surface area contributed by atoms with Gasteiger partial charge in [-0.2, -0.15) is 0 Å². The summed E-state index contributed by atoms with van der Waals surface area (Å²) in [7, 11) is 0. The number of rotatable bonds is 2. The van der Waals surface area contributed by atoms with E-state index in [1.165, 1.54) is 23.3 Å². The highest BCUT2D eigenvalue weighted by Gasteiger charge is 2.30. The van der Waals surface area contributed by atoms with Gasteiger partial charge in [0.1, 0.15) is 0 Å². The van der Waals surface area contributed by atoms with Crippen molar-refractivity contribution in [2.24, 2.45) is 0 Å². The van der Waals surface area contributed by atoms with Crippen molar-refractivity contribution >= 4 is 35.0 Å². The molecule has 1 aliphatic heterocycles. The van der Waals surface area contributed by atoms with Crippen LogP contribution in [0.15, 0.2) is 17.0 Å². The fourth-order valence-corrected chi connectivity index (χ4v) is 3.99. The van der Waals surface area contributed by atoms with Gasteiger partial charge in [0.2, 0.25) is 0 Å². The van der Waals surface area contributed by atoms with E-state index in [0.717, 1.165) is 22.2 Å². The Balaban J connectivity index is 1.98. The molecule has 1 N–H and O–H groups in total. The van der Waals surface area contributed by atoms with Crippen molar-refractivity contribution in [2.45, 2.75) is 36.2 Å². The maximum Gasteiger partial charge on any atom is 0.0546 e. The lowest BCUT2D eigenvalue weighted by Crippen LogP contribution is -2.26. The first-order chi connectivity index (χ1) is 7.75. The Hall–Kier alpha value is 0.110. The molecule has 1 saturated carbocycles. The summed E-state index contributed by atoms with van der Waals surface area (Å²) in [6.07, 6.45) is 3.75. The molecule has 4 heteroatoms. The second kappa shape index (κ2) is 4.41.